The lowest BCUT2D eigenvalue weighted by Crippen LogP contribution is -2.44. The number of fused-ring (bicyclic) bond motifs is 1. The summed E-state index contributed by atoms with van der Waals surface area (Å²) in [6.45, 7) is 2.43. The quantitative estimate of drug-likeness (QED) is 0.311. The molecule has 1 saturated heterocycles. The first-order valence-electron chi connectivity index (χ1n) is 12.6. The number of likely N-dealkylation sites (tertiary alicyclic amines) is 1. The van der Waals surface area contributed by atoms with Gasteiger partial charge in [0.25, 0.3) is 0 Å². The Kier molecular flexibility index (Phi) is 7.61. The molecule has 4 aromatic rings. The fourth-order valence-corrected chi connectivity index (χ4v) is 6.22. The highest BCUT2D eigenvalue weighted by Gasteiger charge is 2.34. The molecule has 1 aliphatic rings. The molecule has 6 nitrogen and oxygen atoms in total. The molecule has 0 saturated carbocycles. The van der Waals surface area contributed by atoms with Crippen molar-refractivity contribution in [2.75, 3.05) is 13.1 Å². The van der Waals surface area contributed by atoms with Crippen molar-refractivity contribution in [3.8, 4) is 0 Å². The number of hydrogen-bond acceptors (Lipinski definition) is 5. The minimum Gasteiger partial charge on any atom is -0.423 e. The maximum atomic E-state index is 13.4. The van der Waals surface area contributed by atoms with Crippen LogP contribution in [0.1, 0.15) is 35.1 Å². The van der Waals surface area contributed by atoms with Crippen molar-refractivity contribution in [3.63, 3.8) is 0 Å². The van der Waals surface area contributed by atoms with Gasteiger partial charge in [-0.2, -0.15) is 13.2 Å². The van der Waals surface area contributed by atoms with E-state index in [0.717, 1.165) is 25.2 Å². The lowest BCUT2D eigenvalue weighted by Gasteiger charge is -2.32. The van der Waals surface area contributed by atoms with Crippen LogP contribution in [0.2, 0.25) is 0 Å². The molecule has 10 heteroatoms. The van der Waals surface area contributed by atoms with Crippen LogP contribution in [0.3, 0.4) is 0 Å². The third kappa shape index (κ3) is 6.58. The number of hydrogen-bond donors (Lipinski definition) is 1. The highest BCUT2D eigenvalue weighted by atomic mass is 32.2. The number of piperidine rings is 1. The van der Waals surface area contributed by atoms with Gasteiger partial charge in [-0.05, 0) is 60.2 Å². The Balaban J connectivity index is 1.23. The van der Waals surface area contributed by atoms with E-state index in [0.29, 0.717) is 24.5 Å². The van der Waals surface area contributed by atoms with E-state index in [9.17, 15) is 26.4 Å². The fourth-order valence-electron chi connectivity index (χ4n) is 4.91. The van der Waals surface area contributed by atoms with Crippen LogP contribution < -0.4 is 10.3 Å². The first kappa shape index (κ1) is 27.1. The zero-order valence-electron chi connectivity index (χ0n) is 20.9. The summed E-state index contributed by atoms with van der Waals surface area (Å²) in [5.41, 5.74) is 0.274. The van der Waals surface area contributed by atoms with Gasteiger partial charge in [-0.3, -0.25) is 4.90 Å². The van der Waals surface area contributed by atoms with Gasteiger partial charge >= 0.3 is 11.8 Å². The Bertz CT molecular complexity index is 1610. The molecule has 2 heterocycles. The molecule has 0 bridgehead atoms. The first-order chi connectivity index (χ1) is 18.6. The number of nitrogens with one attached hydrogen (secondary N) is 1. The van der Waals surface area contributed by atoms with Crippen molar-refractivity contribution in [3.05, 3.63) is 112 Å². The SMILES string of the molecule is O=c1cc(C(F)(F)F)c2cc(Cc3ccc(S(=O)(=O)NC4CCN(Cc5ccccc5)CC4)cc3)ccc2o1. The monoisotopic (exact) mass is 556 g/mol. The van der Waals surface area contributed by atoms with Crippen LogP contribution >= 0.6 is 0 Å². The smallest absolute Gasteiger partial charge is 0.417 e. The molecule has 5 rings (SSSR count). The molecular formula is C29H27F3N2O4S. The van der Waals surface area contributed by atoms with Gasteiger partial charge in [0, 0.05) is 37.1 Å². The molecule has 1 N–H and O–H groups in total. The normalized spacial score (nSPS) is 15.6. The largest absolute Gasteiger partial charge is 0.423 e. The summed E-state index contributed by atoms with van der Waals surface area (Å²) in [4.78, 5) is 14.0. The highest BCUT2D eigenvalue weighted by molar-refractivity contribution is 7.89. The second kappa shape index (κ2) is 11.0. The summed E-state index contributed by atoms with van der Waals surface area (Å²) >= 11 is 0. The van der Waals surface area contributed by atoms with Gasteiger partial charge in [0.05, 0.1) is 10.5 Å². The van der Waals surface area contributed by atoms with E-state index in [1.54, 1.807) is 18.2 Å². The van der Waals surface area contributed by atoms with Gasteiger partial charge in [-0.25, -0.2) is 17.9 Å². The van der Waals surface area contributed by atoms with Crippen molar-refractivity contribution in [1.82, 2.24) is 9.62 Å². The molecule has 0 aliphatic carbocycles. The third-order valence-corrected chi connectivity index (χ3v) is 8.45. The lowest BCUT2D eigenvalue weighted by atomic mass is 10.0. The number of rotatable bonds is 7. The molecule has 1 aliphatic heterocycles. The van der Waals surface area contributed by atoms with Crippen LogP contribution in [0.4, 0.5) is 13.2 Å². The summed E-state index contributed by atoms with van der Waals surface area (Å²) < 4.78 is 74.0. The summed E-state index contributed by atoms with van der Waals surface area (Å²) in [5, 5.41) is -0.196. The Morgan fingerprint density at radius 3 is 2.21 bits per heavy atom. The van der Waals surface area contributed by atoms with E-state index in [4.69, 9.17) is 4.42 Å². The fraction of sp³-hybridized carbons (Fsp3) is 0.276. The van der Waals surface area contributed by atoms with Crippen molar-refractivity contribution in [2.24, 2.45) is 0 Å². The van der Waals surface area contributed by atoms with Crippen molar-refractivity contribution >= 4 is 21.0 Å². The molecule has 204 valence electrons. The highest BCUT2D eigenvalue weighted by Crippen LogP contribution is 2.34. The Labute approximate surface area is 224 Å². The van der Waals surface area contributed by atoms with E-state index in [-0.39, 0.29) is 28.3 Å². The predicted octanol–water partition coefficient (Wildman–Crippen LogP) is 5.35. The second-order valence-electron chi connectivity index (χ2n) is 9.79. The van der Waals surface area contributed by atoms with E-state index in [1.165, 1.54) is 29.8 Å². The molecule has 0 radical (unpaired) electrons. The van der Waals surface area contributed by atoms with E-state index < -0.39 is 27.4 Å². The van der Waals surface area contributed by atoms with E-state index >= 15 is 0 Å². The first-order valence-corrected chi connectivity index (χ1v) is 14.1. The van der Waals surface area contributed by atoms with Gasteiger partial charge in [-0.15, -0.1) is 0 Å². The molecule has 0 amide bonds. The van der Waals surface area contributed by atoms with Crippen LogP contribution in [-0.4, -0.2) is 32.4 Å². The maximum Gasteiger partial charge on any atom is 0.417 e. The van der Waals surface area contributed by atoms with Gasteiger partial charge < -0.3 is 4.42 Å². The Hall–Kier alpha value is -3.47. The molecular weight excluding hydrogens is 529 g/mol. The van der Waals surface area contributed by atoms with Gasteiger partial charge in [0.2, 0.25) is 10.0 Å². The zero-order valence-corrected chi connectivity index (χ0v) is 21.8. The molecule has 3 aromatic carbocycles. The summed E-state index contributed by atoms with van der Waals surface area (Å²) in [6.07, 6.45) is -2.99. The van der Waals surface area contributed by atoms with E-state index in [1.807, 2.05) is 18.2 Å². The van der Waals surface area contributed by atoms with Crippen molar-refractivity contribution in [2.45, 2.75) is 42.9 Å². The average molecular weight is 557 g/mol. The summed E-state index contributed by atoms with van der Waals surface area (Å²) in [6, 6.07) is 21.0. The zero-order chi connectivity index (χ0) is 27.6. The average Bonchev–Trinajstić information content (AvgIpc) is 2.90. The van der Waals surface area contributed by atoms with E-state index in [2.05, 4.69) is 21.8 Å². The second-order valence-corrected chi connectivity index (χ2v) is 11.5. The molecule has 1 aromatic heterocycles. The van der Waals surface area contributed by atoms with Crippen LogP contribution in [0.25, 0.3) is 11.0 Å². The summed E-state index contributed by atoms with van der Waals surface area (Å²) in [5.74, 6) is 0. The molecule has 0 spiro atoms. The minimum absolute atomic E-state index is 0.137. The minimum atomic E-state index is -4.70. The third-order valence-electron chi connectivity index (χ3n) is 6.91. The van der Waals surface area contributed by atoms with Gasteiger partial charge in [0.15, 0.2) is 0 Å². The molecule has 0 unspecified atom stereocenters. The van der Waals surface area contributed by atoms with Crippen LogP contribution in [-0.2, 0) is 29.2 Å². The Morgan fingerprint density at radius 1 is 0.872 bits per heavy atom. The summed E-state index contributed by atoms with van der Waals surface area (Å²) in [7, 11) is -3.72. The Morgan fingerprint density at radius 2 is 1.54 bits per heavy atom. The number of halogens is 3. The standard InChI is InChI=1S/C29H27F3N2O4S/c30-29(31,32)26-18-28(35)38-27-11-8-22(17-25(26)27)16-20-6-9-24(10-7-20)39(36,37)33-23-12-14-34(15-13-23)19-21-4-2-1-3-5-21/h1-11,17-18,23,33H,12-16,19H2. The van der Waals surface area contributed by atoms with Gasteiger partial charge in [-0.1, -0.05) is 48.5 Å². The van der Waals surface area contributed by atoms with Crippen LogP contribution in [0, 0.1) is 0 Å². The van der Waals surface area contributed by atoms with Crippen LogP contribution in [0.15, 0.2) is 93.0 Å². The number of alkyl halides is 3. The number of benzene rings is 3. The van der Waals surface area contributed by atoms with Gasteiger partial charge in [0.1, 0.15) is 5.58 Å². The molecule has 0 atom stereocenters. The molecule has 39 heavy (non-hydrogen) atoms. The molecule has 1 fully saturated rings. The number of sulfonamides is 1. The maximum absolute atomic E-state index is 13.4. The lowest BCUT2D eigenvalue weighted by molar-refractivity contribution is -0.136. The topological polar surface area (TPSA) is 79.6 Å². The van der Waals surface area contributed by atoms with Crippen molar-refractivity contribution < 1.29 is 26.0 Å². The van der Waals surface area contributed by atoms with Crippen molar-refractivity contribution in [1.29, 1.82) is 0 Å². The van der Waals surface area contributed by atoms with Crippen LogP contribution in [0.5, 0.6) is 0 Å². The number of nitrogens with zero attached hydrogens (tertiary/aromatic N) is 1. The predicted molar refractivity (Wildman–Crippen MR) is 142 cm³/mol.